The van der Waals surface area contributed by atoms with Crippen molar-refractivity contribution in [1.29, 1.82) is 0 Å². The van der Waals surface area contributed by atoms with Gasteiger partial charge in [-0.15, -0.1) is 0 Å². The summed E-state index contributed by atoms with van der Waals surface area (Å²) in [6.07, 6.45) is 0.712. The number of ether oxygens (including phenoxy) is 2. The van der Waals surface area contributed by atoms with Crippen molar-refractivity contribution in [1.82, 2.24) is 10.3 Å². The highest BCUT2D eigenvalue weighted by Crippen LogP contribution is 2.28. The van der Waals surface area contributed by atoms with E-state index >= 15 is 0 Å². The molecule has 0 saturated carbocycles. The van der Waals surface area contributed by atoms with E-state index in [4.69, 9.17) is 14.9 Å². The molecule has 4 aromatic carbocycles. The number of hydrogen-bond donors (Lipinski definition) is 4. The van der Waals surface area contributed by atoms with Crippen LogP contribution >= 0.6 is 0 Å². The van der Waals surface area contributed by atoms with Crippen molar-refractivity contribution in [2.75, 3.05) is 10.6 Å². The number of anilines is 2. The Labute approximate surface area is 309 Å². The Bertz CT molecular complexity index is 1910. The first-order chi connectivity index (χ1) is 25.5. The molecule has 5 rings (SSSR count). The van der Waals surface area contributed by atoms with Gasteiger partial charge >= 0.3 is 12.2 Å². The van der Waals surface area contributed by atoms with E-state index in [9.17, 15) is 19.2 Å². The second kappa shape index (κ2) is 19.8. The van der Waals surface area contributed by atoms with Gasteiger partial charge in [0.15, 0.2) is 5.76 Å². The van der Waals surface area contributed by atoms with Crippen molar-refractivity contribution in [3.05, 3.63) is 127 Å². The highest BCUT2D eigenvalue weighted by Gasteiger charge is 2.25. The molecular formula is C41H45N5O7. The van der Waals surface area contributed by atoms with Crippen molar-refractivity contribution in [2.45, 2.75) is 53.4 Å². The average molecular weight is 720 g/mol. The minimum atomic E-state index is -0.780. The molecule has 12 heteroatoms. The lowest BCUT2D eigenvalue weighted by Gasteiger charge is -2.21. The van der Waals surface area contributed by atoms with Gasteiger partial charge in [-0.1, -0.05) is 88.4 Å². The van der Waals surface area contributed by atoms with Crippen molar-refractivity contribution >= 4 is 35.4 Å². The molecule has 1 atom stereocenters. The third-order valence-corrected chi connectivity index (χ3v) is 7.61. The fraction of sp³-hybridized carbons (Fsp3) is 0.244. The number of hydrogen-bond acceptors (Lipinski definition) is 8. The van der Waals surface area contributed by atoms with E-state index in [1.54, 1.807) is 30.5 Å². The van der Waals surface area contributed by atoms with Gasteiger partial charge in [-0.2, -0.15) is 0 Å². The van der Waals surface area contributed by atoms with Gasteiger partial charge in [0.25, 0.3) is 0 Å². The lowest BCUT2D eigenvalue weighted by atomic mass is 10.0. The second-order valence-electron chi connectivity index (χ2n) is 12.8. The van der Waals surface area contributed by atoms with Gasteiger partial charge in [-0.3, -0.25) is 9.59 Å². The number of benzene rings is 4. The van der Waals surface area contributed by atoms with Crippen LogP contribution in [0, 0.1) is 11.8 Å². The number of aromatic nitrogens is 1. The number of primary amides is 1. The molecule has 12 nitrogen and oxygen atoms in total. The Morgan fingerprint density at radius 2 is 1.23 bits per heavy atom. The molecular weight excluding hydrogens is 674 g/mol. The molecule has 276 valence electrons. The number of rotatable bonds is 13. The second-order valence-corrected chi connectivity index (χ2v) is 12.8. The topological polar surface area (TPSA) is 175 Å². The summed E-state index contributed by atoms with van der Waals surface area (Å²) in [5.74, 6) is 0.780. The number of nitrogens with two attached hydrogens (primary N) is 1. The summed E-state index contributed by atoms with van der Waals surface area (Å²) in [6, 6.07) is 32.4. The van der Waals surface area contributed by atoms with Gasteiger partial charge in [0.05, 0.1) is 6.20 Å². The standard InChI is InChI=1S/C33H36N4O5.C8H9NO2/c1-21(2)18-29(38)35-26-14-10-24(11-15-26)28-19-34-32(42-28)25-12-16-27(17-13-25)36-31(39)30(22(3)4)37-33(40)41-20-23-8-6-5-7-9-23;9-8(10)11-6-7-4-2-1-3-5-7/h5-17,19,21-22,30H,18,20H2,1-4H3,(H,35,38)(H,36,39)(H,37,40);1-5H,6H2,(H2,9,10)/t30-;/m0./s1. The fourth-order valence-electron chi connectivity index (χ4n) is 4.91. The number of carbonyl (C=O) groups is 4. The molecule has 0 saturated heterocycles. The van der Waals surface area contributed by atoms with Crippen LogP contribution in [0.3, 0.4) is 0 Å². The average Bonchev–Trinajstić information content (AvgIpc) is 3.64. The van der Waals surface area contributed by atoms with Gasteiger partial charge < -0.3 is 35.6 Å². The number of amides is 4. The highest BCUT2D eigenvalue weighted by atomic mass is 16.6. The summed E-state index contributed by atoms with van der Waals surface area (Å²) < 4.78 is 15.8. The van der Waals surface area contributed by atoms with Crippen LogP contribution in [-0.4, -0.2) is 35.0 Å². The third kappa shape index (κ3) is 13.3. The molecule has 4 amide bonds. The molecule has 53 heavy (non-hydrogen) atoms. The number of nitrogens with zero attached hydrogens (tertiary/aromatic N) is 1. The summed E-state index contributed by atoms with van der Waals surface area (Å²) in [5, 5.41) is 8.41. The number of alkyl carbamates (subject to hydrolysis) is 1. The summed E-state index contributed by atoms with van der Waals surface area (Å²) in [4.78, 5) is 51.9. The maximum Gasteiger partial charge on any atom is 0.408 e. The molecule has 5 N–H and O–H groups in total. The lowest BCUT2D eigenvalue weighted by molar-refractivity contribution is -0.119. The van der Waals surface area contributed by atoms with Crippen LogP contribution in [-0.2, 0) is 32.3 Å². The lowest BCUT2D eigenvalue weighted by Crippen LogP contribution is -2.47. The van der Waals surface area contributed by atoms with E-state index in [1.807, 2.05) is 113 Å². The molecule has 0 fully saturated rings. The SMILES string of the molecule is CC(C)CC(=O)Nc1ccc(-c2cnc(-c3ccc(NC(=O)[C@@H](NC(=O)OCc4ccccc4)C(C)C)cc3)o2)cc1.NC(=O)OCc1ccccc1. The first-order valence-corrected chi connectivity index (χ1v) is 17.2. The van der Waals surface area contributed by atoms with E-state index in [0.29, 0.717) is 23.8 Å². The van der Waals surface area contributed by atoms with E-state index < -0.39 is 18.2 Å². The Hall–Kier alpha value is -6.43. The molecule has 0 aliphatic rings. The predicted octanol–water partition coefficient (Wildman–Crippen LogP) is 8.16. The van der Waals surface area contributed by atoms with Gasteiger partial charge in [0, 0.05) is 28.9 Å². The van der Waals surface area contributed by atoms with E-state index in [2.05, 4.69) is 25.7 Å². The molecule has 5 aromatic rings. The highest BCUT2D eigenvalue weighted by molar-refractivity contribution is 5.97. The molecule has 1 heterocycles. The molecule has 0 bridgehead atoms. The smallest absolute Gasteiger partial charge is 0.408 e. The van der Waals surface area contributed by atoms with Gasteiger partial charge in [-0.25, -0.2) is 14.6 Å². The maximum absolute atomic E-state index is 13.0. The fourth-order valence-corrected chi connectivity index (χ4v) is 4.91. The first kappa shape index (κ1) is 39.4. The van der Waals surface area contributed by atoms with Crippen molar-refractivity contribution in [3.8, 4) is 22.8 Å². The molecule has 0 radical (unpaired) electrons. The summed E-state index contributed by atoms with van der Waals surface area (Å²) in [5.41, 5.74) is 9.43. The Balaban J connectivity index is 0.000000488. The van der Waals surface area contributed by atoms with Crippen LogP contribution in [0.25, 0.3) is 22.8 Å². The zero-order valence-electron chi connectivity index (χ0n) is 30.2. The summed E-state index contributed by atoms with van der Waals surface area (Å²) in [6.45, 7) is 8.06. The van der Waals surface area contributed by atoms with E-state index in [1.165, 1.54) is 0 Å². The molecule has 0 unspecified atom stereocenters. The maximum atomic E-state index is 13.0. The number of oxazole rings is 1. The van der Waals surface area contributed by atoms with Gasteiger partial charge in [-0.05, 0) is 71.5 Å². The Kier molecular flexibility index (Phi) is 14.7. The molecule has 0 aliphatic carbocycles. The predicted molar refractivity (Wildman–Crippen MR) is 203 cm³/mol. The number of nitrogens with one attached hydrogen (secondary N) is 3. The van der Waals surface area contributed by atoms with Gasteiger partial charge in [0.2, 0.25) is 17.7 Å². The Morgan fingerprint density at radius 3 is 1.75 bits per heavy atom. The van der Waals surface area contributed by atoms with E-state index in [-0.39, 0.29) is 36.9 Å². The minimum Gasteiger partial charge on any atom is -0.445 e. The molecule has 0 aliphatic heterocycles. The van der Waals surface area contributed by atoms with Crippen molar-refractivity contribution in [3.63, 3.8) is 0 Å². The first-order valence-electron chi connectivity index (χ1n) is 17.2. The van der Waals surface area contributed by atoms with Crippen LogP contribution in [0.15, 0.2) is 120 Å². The third-order valence-electron chi connectivity index (χ3n) is 7.61. The normalized spacial score (nSPS) is 11.1. The summed E-state index contributed by atoms with van der Waals surface area (Å²) >= 11 is 0. The monoisotopic (exact) mass is 719 g/mol. The summed E-state index contributed by atoms with van der Waals surface area (Å²) in [7, 11) is 0. The van der Waals surface area contributed by atoms with Crippen LogP contribution in [0.1, 0.15) is 45.2 Å². The quantitative estimate of drug-likeness (QED) is 0.0942. The zero-order valence-corrected chi connectivity index (χ0v) is 30.2. The Morgan fingerprint density at radius 1 is 0.698 bits per heavy atom. The van der Waals surface area contributed by atoms with Crippen LogP contribution < -0.4 is 21.7 Å². The van der Waals surface area contributed by atoms with Crippen LogP contribution in [0.5, 0.6) is 0 Å². The number of carbonyl (C=O) groups excluding carboxylic acids is 4. The molecule has 1 aromatic heterocycles. The van der Waals surface area contributed by atoms with E-state index in [0.717, 1.165) is 27.9 Å². The van der Waals surface area contributed by atoms with Gasteiger partial charge in [0.1, 0.15) is 19.3 Å². The molecule has 0 spiro atoms. The van der Waals surface area contributed by atoms with Crippen LogP contribution in [0.2, 0.25) is 0 Å². The van der Waals surface area contributed by atoms with Crippen molar-refractivity contribution in [2.24, 2.45) is 17.6 Å². The van der Waals surface area contributed by atoms with Crippen molar-refractivity contribution < 1.29 is 33.1 Å². The largest absolute Gasteiger partial charge is 0.445 e. The zero-order chi connectivity index (χ0) is 38.2. The minimum absolute atomic E-state index is 0.0170. The van der Waals surface area contributed by atoms with Crippen LogP contribution in [0.4, 0.5) is 21.0 Å².